The van der Waals surface area contributed by atoms with Crippen molar-refractivity contribution in [1.82, 2.24) is 14.9 Å². The topological polar surface area (TPSA) is 67.7 Å². The number of nitrogens with zero attached hydrogens (tertiary/aromatic N) is 3. The summed E-state index contributed by atoms with van der Waals surface area (Å²) in [4.78, 5) is 11.1. The van der Waals surface area contributed by atoms with E-state index in [9.17, 15) is 5.11 Å². The van der Waals surface area contributed by atoms with E-state index < -0.39 is 5.60 Å². The van der Waals surface area contributed by atoms with Gasteiger partial charge in [0.2, 0.25) is 0 Å². The van der Waals surface area contributed by atoms with Gasteiger partial charge in [0.15, 0.2) is 5.82 Å². The zero-order valence-corrected chi connectivity index (χ0v) is 14.8. The number of aliphatic hydroxyl groups is 1. The van der Waals surface area contributed by atoms with E-state index in [1.165, 1.54) is 0 Å². The molecule has 0 aromatic carbocycles. The number of methoxy groups -OCH3 is 1. The summed E-state index contributed by atoms with van der Waals surface area (Å²) in [6, 6.07) is 0. The Morgan fingerprint density at radius 2 is 2.04 bits per heavy atom. The molecule has 0 aliphatic carbocycles. The number of hydrogen-bond acceptors (Lipinski definition) is 6. The van der Waals surface area contributed by atoms with Crippen molar-refractivity contribution in [2.75, 3.05) is 33.4 Å². The maximum absolute atomic E-state index is 11.2. The van der Waals surface area contributed by atoms with E-state index in [0.29, 0.717) is 18.3 Å². The summed E-state index contributed by atoms with van der Waals surface area (Å²) in [5, 5.41) is 11.2. The SMILES string of the molecule is COCc1ncc(CN2CC[C@@](O)(C3CCOCC3)[C@H](C)C2)cn1. The molecule has 2 atom stereocenters. The Morgan fingerprint density at radius 3 is 2.67 bits per heavy atom. The number of hydrogen-bond donors (Lipinski definition) is 1. The van der Waals surface area contributed by atoms with Crippen molar-refractivity contribution in [3.8, 4) is 0 Å². The van der Waals surface area contributed by atoms with E-state index in [-0.39, 0.29) is 5.92 Å². The zero-order chi connectivity index (χ0) is 17.0. The Labute approximate surface area is 144 Å². The van der Waals surface area contributed by atoms with Crippen LogP contribution in [0.1, 0.15) is 37.6 Å². The molecule has 0 amide bonds. The van der Waals surface area contributed by atoms with Crippen LogP contribution < -0.4 is 0 Å². The predicted molar refractivity (Wildman–Crippen MR) is 90.3 cm³/mol. The van der Waals surface area contributed by atoms with Gasteiger partial charge in [-0.2, -0.15) is 0 Å². The average molecular weight is 335 g/mol. The van der Waals surface area contributed by atoms with Gasteiger partial charge in [-0.25, -0.2) is 9.97 Å². The number of ether oxygens (including phenoxy) is 2. The molecule has 2 fully saturated rings. The standard InChI is InChI=1S/C18H29N3O3/c1-14-11-21(12-15-9-19-17(13-23-2)20-10-15)6-5-18(14,22)16-3-7-24-8-4-16/h9-10,14,16,22H,3-8,11-13H2,1-2H3/t14-,18+/m1/s1. The van der Waals surface area contributed by atoms with Crippen LogP contribution >= 0.6 is 0 Å². The van der Waals surface area contributed by atoms with Crippen molar-refractivity contribution in [2.45, 2.75) is 44.9 Å². The number of piperidine rings is 1. The molecule has 1 N–H and O–H groups in total. The molecule has 134 valence electrons. The minimum absolute atomic E-state index is 0.267. The molecular formula is C18H29N3O3. The smallest absolute Gasteiger partial charge is 0.153 e. The van der Waals surface area contributed by atoms with Crippen LogP contribution in [-0.4, -0.2) is 59.0 Å². The molecule has 0 radical (unpaired) electrons. The average Bonchev–Trinajstić information content (AvgIpc) is 2.61. The van der Waals surface area contributed by atoms with Gasteiger partial charge in [-0.1, -0.05) is 6.92 Å². The molecule has 6 heteroatoms. The zero-order valence-electron chi connectivity index (χ0n) is 14.8. The third kappa shape index (κ3) is 3.94. The van der Waals surface area contributed by atoms with E-state index in [4.69, 9.17) is 9.47 Å². The largest absolute Gasteiger partial charge is 0.389 e. The first-order valence-electron chi connectivity index (χ1n) is 8.93. The lowest BCUT2D eigenvalue weighted by atomic mass is 9.70. The normalized spacial score (nSPS) is 29.7. The molecule has 3 rings (SSSR count). The molecule has 1 aromatic rings. The highest BCUT2D eigenvalue weighted by Gasteiger charge is 2.45. The molecule has 24 heavy (non-hydrogen) atoms. The first-order chi connectivity index (χ1) is 11.6. The van der Waals surface area contributed by atoms with Gasteiger partial charge in [-0.15, -0.1) is 0 Å². The van der Waals surface area contributed by atoms with Gasteiger partial charge in [-0.3, -0.25) is 4.90 Å². The molecule has 6 nitrogen and oxygen atoms in total. The second kappa shape index (κ2) is 7.87. The summed E-state index contributed by atoms with van der Waals surface area (Å²) in [6.45, 7) is 6.86. The Bertz CT molecular complexity index is 519. The molecule has 2 aliphatic heterocycles. The fraction of sp³-hybridized carbons (Fsp3) is 0.778. The summed E-state index contributed by atoms with van der Waals surface area (Å²) < 4.78 is 10.5. The third-order valence-electron chi connectivity index (χ3n) is 5.58. The van der Waals surface area contributed by atoms with Gasteiger partial charge >= 0.3 is 0 Å². The number of rotatable bonds is 5. The molecule has 1 aromatic heterocycles. The van der Waals surface area contributed by atoms with E-state index in [0.717, 1.165) is 57.7 Å². The highest BCUT2D eigenvalue weighted by molar-refractivity contribution is 5.06. The third-order valence-corrected chi connectivity index (χ3v) is 5.58. The minimum Gasteiger partial charge on any atom is -0.389 e. The predicted octanol–water partition coefficient (Wildman–Crippen LogP) is 1.62. The summed E-state index contributed by atoms with van der Waals surface area (Å²) in [7, 11) is 1.64. The molecule has 2 saturated heterocycles. The maximum atomic E-state index is 11.2. The van der Waals surface area contributed by atoms with Gasteiger partial charge in [0.1, 0.15) is 6.61 Å². The van der Waals surface area contributed by atoms with Crippen LogP contribution in [0.3, 0.4) is 0 Å². The highest BCUT2D eigenvalue weighted by atomic mass is 16.5. The van der Waals surface area contributed by atoms with E-state index in [1.807, 2.05) is 12.4 Å². The quantitative estimate of drug-likeness (QED) is 0.882. The van der Waals surface area contributed by atoms with E-state index in [2.05, 4.69) is 21.8 Å². The minimum atomic E-state index is -0.543. The van der Waals surface area contributed by atoms with Gasteiger partial charge in [0, 0.05) is 57.9 Å². The van der Waals surface area contributed by atoms with Crippen molar-refractivity contribution < 1.29 is 14.6 Å². The highest BCUT2D eigenvalue weighted by Crippen LogP contribution is 2.39. The lowest BCUT2D eigenvalue weighted by molar-refractivity contribution is -0.131. The molecule has 0 saturated carbocycles. The van der Waals surface area contributed by atoms with Gasteiger partial charge in [0.25, 0.3) is 0 Å². The van der Waals surface area contributed by atoms with Crippen molar-refractivity contribution in [3.05, 3.63) is 23.8 Å². The molecule has 0 spiro atoms. The Morgan fingerprint density at radius 1 is 1.33 bits per heavy atom. The summed E-state index contributed by atoms with van der Waals surface area (Å²) in [5.41, 5.74) is 0.567. The van der Waals surface area contributed by atoms with Gasteiger partial charge in [-0.05, 0) is 31.1 Å². The van der Waals surface area contributed by atoms with Crippen LogP contribution in [0, 0.1) is 11.8 Å². The van der Waals surface area contributed by atoms with Gasteiger partial charge < -0.3 is 14.6 Å². The Kier molecular flexibility index (Phi) is 5.81. The molecule has 0 unspecified atom stereocenters. The fourth-order valence-electron chi connectivity index (χ4n) is 4.09. The lowest BCUT2D eigenvalue weighted by Gasteiger charge is -2.48. The number of likely N-dealkylation sites (tertiary alicyclic amines) is 1. The van der Waals surface area contributed by atoms with Crippen molar-refractivity contribution >= 4 is 0 Å². The summed E-state index contributed by atoms with van der Waals surface area (Å²) in [5.74, 6) is 1.35. The van der Waals surface area contributed by atoms with Crippen molar-refractivity contribution in [2.24, 2.45) is 11.8 Å². The van der Waals surface area contributed by atoms with Crippen LogP contribution in [0.5, 0.6) is 0 Å². The second-order valence-electron chi connectivity index (χ2n) is 7.20. The molecular weight excluding hydrogens is 306 g/mol. The fourth-order valence-corrected chi connectivity index (χ4v) is 4.09. The van der Waals surface area contributed by atoms with Crippen molar-refractivity contribution in [3.63, 3.8) is 0 Å². The van der Waals surface area contributed by atoms with E-state index in [1.54, 1.807) is 7.11 Å². The summed E-state index contributed by atoms with van der Waals surface area (Å²) >= 11 is 0. The number of aromatic nitrogens is 2. The first-order valence-corrected chi connectivity index (χ1v) is 8.93. The molecule has 0 bridgehead atoms. The summed E-state index contributed by atoms with van der Waals surface area (Å²) in [6.07, 6.45) is 6.56. The van der Waals surface area contributed by atoms with Crippen LogP contribution in [0.15, 0.2) is 12.4 Å². The van der Waals surface area contributed by atoms with Crippen molar-refractivity contribution in [1.29, 1.82) is 0 Å². The molecule has 3 heterocycles. The Balaban J connectivity index is 1.56. The van der Waals surface area contributed by atoms with Crippen LogP contribution in [0.4, 0.5) is 0 Å². The van der Waals surface area contributed by atoms with Gasteiger partial charge in [0.05, 0.1) is 5.60 Å². The van der Waals surface area contributed by atoms with Crippen LogP contribution in [0.2, 0.25) is 0 Å². The lowest BCUT2D eigenvalue weighted by Crippen LogP contribution is -2.55. The Hall–Kier alpha value is -1.08. The second-order valence-corrected chi connectivity index (χ2v) is 7.20. The van der Waals surface area contributed by atoms with Crippen LogP contribution in [-0.2, 0) is 22.6 Å². The van der Waals surface area contributed by atoms with E-state index >= 15 is 0 Å². The first kappa shape index (κ1) is 17.7. The molecule has 2 aliphatic rings. The van der Waals surface area contributed by atoms with Crippen LogP contribution in [0.25, 0.3) is 0 Å². The maximum Gasteiger partial charge on any atom is 0.153 e. The monoisotopic (exact) mass is 335 g/mol.